The molecule has 0 saturated carbocycles. The van der Waals surface area contributed by atoms with E-state index in [9.17, 15) is 4.79 Å². The Morgan fingerprint density at radius 1 is 1.40 bits per heavy atom. The first kappa shape index (κ1) is 9.26. The Morgan fingerprint density at radius 3 is 2.60 bits per heavy atom. The summed E-state index contributed by atoms with van der Waals surface area (Å²) in [7, 11) is 0. The third kappa shape index (κ3) is 1.67. The van der Waals surface area contributed by atoms with Crippen LogP contribution in [-0.2, 0) is 0 Å². The number of nitrogen functional groups attached to an aromatic ring is 1. The maximum Gasteiger partial charge on any atom is 0.339 e. The number of nitrogens with one attached hydrogen (secondary N) is 1. The average Bonchev–Trinajstić information content (AvgIpc) is 2.62. The minimum absolute atomic E-state index is 0.0850. The molecule has 2 aromatic rings. The Kier molecular flexibility index (Phi) is 2.13. The molecule has 0 bridgehead atoms. The van der Waals surface area contributed by atoms with E-state index in [0.29, 0.717) is 5.69 Å². The zero-order valence-electron chi connectivity index (χ0n) is 7.77. The summed E-state index contributed by atoms with van der Waals surface area (Å²) in [5, 5.41) is 8.81. The van der Waals surface area contributed by atoms with Crippen LogP contribution in [0.5, 0.6) is 0 Å². The largest absolute Gasteiger partial charge is 0.478 e. The number of hydrogen-bond acceptors (Lipinski definition) is 3. The minimum Gasteiger partial charge on any atom is -0.478 e. The highest BCUT2D eigenvalue weighted by molar-refractivity contribution is 5.94. The molecule has 15 heavy (non-hydrogen) atoms. The minimum atomic E-state index is -1.04. The van der Waals surface area contributed by atoms with Crippen molar-refractivity contribution < 1.29 is 9.90 Å². The van der Waals surface area contributed by atoms with Crippen LogP contribution in [-0.4, -0.2) is 21.0 Å². The van der Waals surface area contributed by atoms with Crippen molar-refractivity contribution in [3.05, 3.63) is 36.2 Å². The SMILES string of the molecule is Nc1[nH]c(-c2ccncc2)cc1C(=O)O. The molecule has 2 heterocycles. The average molecular weight is 203 g/mol. The van der Waals surface area contributed by atoms with E-state index < -0.39 is 5.97 Å². The predicted molar refractivity (Wildman–Crippen MR) is 55.4 cm³/mol. The molecule has 0 aliphatic carbocycles. The van der Waals surface area contributed by atoms with Crippen molar-refractivity contribution in [2.45, 2.75) is 0 Å². The van der Waals surface area contributed by atoms with E-state index in [4.69, 9.17) is 10.8 Å². The van der Waals surface area contributed by atoms with Crippen molar-refractivity contribution >= 4 is 11.8 Å². The number of pyridine rings is 1. The van der Waals surface area contributed by atoms with Crippen LogP contribution in [0, 0.1) is 0 Å². The number of nitrogens with two attached hydrogens (primary N) is 1. The molecule has 2 rings (SSSR count). The Bertz CT molecular complexity index is 491. The molecule has 0 fully saturated rings. The van der Waals surface area contributed by atoms with Gasteiger partial charge in [-0.05, 0) is 18.2 Å². The maximum absolute atomic E-state index is 10.8. The van der Waals surface area contributed by atoms with E-state index in [1.807, 2.05) is 0 Å². The number of carboxylic acid groups (broad SMARTS) is 1. The number of nitrogens with zero attached hydrogens (tertiary/aromatic N) is 1. The van der Waals surface area contributed by atoms with Crippen molar-refractivity contribution in [3.63, 3.8) is 0 Å². The molecular weight excluding hydrogens is 194 g/mol. The molecule has 5 nitrogen and oxygen atoms in total. The second-order valence-electron chi connectivity index (χ2n) is 3.05. The summed E-state index contributed by atoms with van der Waals surface area (Å²) in [4.78, 5) is 17.4. The molecule has 4 N–H and O–H groups in total. The number of aromatic carboxylic acids is 1. The van der Waals surface area contributed by atoms with Crippen LogP contribution >= 0.6 is 0 Å². The number of aromatic amines is 1. The van der Waals surface area contributed by atoms with Gasteiger partial charge in [-0.15, -0.1) is 0 Å². The fourth-order valence-corrected chi connectivity index (χ4v) is 1.33. The third-order valence-corrected chi connectivity index (χ3v) is 2.07. The van der Waals surface area contributed by atoms with Crippen LogP contribution < -0.4 is 5.73 Å². The number of aromatic nitrogens is 2. The molecule has 2 aromatic heterocycles. The summed E-state index contributed by atoms with van der Waals surface area (Å²) in [6, 6.07) is 5.06. The molecule has 5 heteroatoms. The van der Waals surface area contributed by atoms with Crippen molar-refractivity contribution in [1.29, 1.82) is 0 Å². The molecule has 0 radical (unpaired) electrons. The Labute approximate surface area is 85.6 Å². The van der Waals surface area contributed by atoms with Gasteiger partial charge < -0.3 is 15.8 Å². The van der Waals surface area contributed by atoms with Crippen LogP contribution in [0.1, 0.15) is 10.4 Å². The standard InChI is InChI=1S/C10H9N3O2/c11-9-7(10(14)15)5-8(13-9)6-1-3-12-4-2-6/h1-5,13H,11H2,(H,14,15). The Morgan fingerprint density at radius 2 is 2.07 bits per heavy atom. The second kappa shape index (κ2) is 3.45. The first-order chi connectivity index (χ1) is 7.18. The normalized spacial score (nSPS) is 10.1. The van der Waals surface area contributed by atoms with Gasteiger partial charge in [0.2, 0.25) is 0 Å². The number of rotatable bonds is 2. The van der Waals surface area contributed by atoms with Crippen LogP contribution in [0.3, 0.4) is 0 Å². The summed E-state index contributed by atoms with van der Waals surface area (Å²) < 4.78 is 0. The number of carboxylic acids is 1. The first-order valence-corrected chi connectivity index (χ1v) is 4.30. The molecular formula is C10H9N3O2. The molecule has 0 spiro atoms. The summed E-state index contributed by atoms with van der Waals surface area (Å²) in [6.07, 6.45) is 3.26. The Balaban J connectivity index is 2.48. The smallest absolute Gasteiger partial charge is 0.339 e. The zero-order chi connectivity index (χ0) is 10.8. The zero-order valence-corrected chi connectivity index (χ0v) is 7.77. The molecule has 0 saturated heterocycles. The van der Waals surface area contributed by atoms with Gasteiger partial charge in [-0.3, -0.25) is 4.98 Å². The second-order valence-corrected chi connectivity index (χ2v) is 3.05. The van der Waals surface area contributed by atoms with Gasteiger partial charge in [-0.1, -0.05) is 0 Å². The summed E-state index contributed by atoms with van der Waals surface area (Å²) in [5.41, 5.74) is 7.14. The molecule has 0 aliphatic rings. The van der Waals surface area contributed by atoms with E-state index in [0.717, 1.165) is 5.56 Å². The van der Waals surface area contributed by atoms with E-state index >= 15 is 0 Å². The van der Waals surface area contributed by atoms with Gasteiger partial charge >= 0.3 is 5.97 Å². The van der Waals surface area contributed by atoms with Gasteiger partial charge in [-0.25, -0.2) is 4.79 Å². The van der Waals surface area contributed by atoms with Crippen LogP contribution in [0.2, 0.25) is 0 Å². The number of carbonyl (C=O) groups is 1. The van der Waals surface area contributed by atoms with Gasteiger partial charge in [0.15, 0.2) is 0 Å². The summed E-state index contributed by atoms with van der Waals surface area (Å²) >= 11 is 0. The van der Waals surface area contributed by atoms with Crippen LogP contribution in [0.4, 0.5) is 5.82 Å². The number of H-pyrrole nitrogens is 1. The molecule has 0 aliphatic heterocycles. The summed E-state index contributed by atoms with van der Waals surface area (Å²) in [6.45, 7) is 0. The lowest BCUT2D eigenvalue weighted by Gasteiger charge is -1.94. The lowest BCUT2D eigenvalue weighted by atomic mass is 10.2. The first-order valence-electron chi connectivity index (χ1n) is 4.30. The highest BCUT2D eigenvalue weighted by Crippen LogP contribution is 2.22. The Hall–Kier alpha value is -2.30. The molecule has 76 valence electrons. The highest BCUT2D eigenvalue weighted by atomic mass is 16.4. The van der Waals surface area contributed by atoms with Crippen molar-refractivity contribution in [2.75, 3.05) is 5.73 Å². The molecule has 0 amide bonds. The molecule has 0 atom stereocenters. The lowest BCUT2D eigenvalue weighted by Crippen LogP contribution is -1.98. The van der Waals surface area contributed by atoms with E-state index in [1.165, 1.54) is 6.07 Å². The fraction of sp³-hybridized carbons (Fsp3) is 0. The van der Waals surface area contributed by atoms with Gasteiger partial charge in [-0.2, -0.15) is 0 Å². The topological polar surface area (TPSA) is 92.0 Å². The van der Waals surface area contributed by atoms with E-state index in [1.54, 1.807) is 24.5 Å². The molecule has 0 unspecified atom stereocenters. The van der Waals surface area contributed by atoms with Crippen LogP contribution in [0.15, 0.2) is 30.6 Å². The summed E-state index contributed by atoms with van der Waals surface area (Å²) in [5.74, 6) is -0.877. The van der Waals surface area contributed by atoms with Gasteiger partial charge in [0.1, 0.15) is 11.4 Å². The van der Waals surface area contributed by atoms with Gasteiger partial charge in [0.05, 0.1) is 0 Å². The van der Waals surface area contributed by atoms with Crippen molar-refractivity contribution in [2.24, 2.45) is 0 Å². The van der Waals surface area contributed by atoms with Crippen molar-refractivity contribution in [3.8, 4) is 11.3 Å². The highest BCUT2D eigenvalue weighted by Gasteiger charge is 2.12. The van der Waals surface area contributed by atoms with Crippen LogP contribution in [0.25, 0.3) is 11.3 Å². The van der Waals surface area contributed by atoms with Gasteiger partial charge in [0, 0.05) is 23.7 Å². The monoisotopic (exact) mass is 203 g/mol. The number of anilines is 1. The van der Waals surface area contributed by atoms with E-state index in [2.05, 4.69) is 9.97 Å². The van der Waals surface area contributed by atoms with Crippen molar-refractivity contribution in [1.82, 2.24) is 9.97 Å². The van der Waals surface area contributed by atoms with E-state index in [-0.39, 0.29) is 11.4 Å². The predicted octanol–water partition coefficient (Wildman–Crippen LogP) is 1.36. The molecule has 0 aromatic carbocycles. The quantitative estimate of drug-likeness (QED) is 0.687. The van der Waals surface area contributed by atoms with Gasteiger partial charge in [0.25, 0.3) is 0 Å². The third-order valence-electron chi connectivity index (χ3n) is 2.07. The fourth-order valence-electron chi connectivity index (χ4n) is 1.33. The maximum atomic E-state index is 10.8. The lowest BCUT2D eigenvalue weighted by molar-refractivity contribution is 0.0698. The number of hydrogen-bond donors (Lipinski definition) is 3.